The zero-order valence-corrected chi connectivity index (χ0v) is 13.0. The molecule has 2 heterocycles. The van der Waals surface area contributed by atoms with E-state index in [1.54, 1.807) is 12.1 Å². The SMILES string of the molecule is CC(Oc1ccc(-c2cnc(N3CCCC3)nc2)cc1)C(=O)O. The van der Waals surface area contributed by atoms with Gasteiger partial charge in [0.2, 0.25) is 5.95 Å². The maximum atomic E-state index is 10.8. The van der Waals surface area contributed by atoms with Gasteiger partial charge in [-0.15, -0.1) is 0 Å². The molecule has 0 saturated carbocycles. The molecule has 1 aliphatic heterocycles. The van der Waals surface area contributed by atoms with Gasteiger partial charge in [-0.1, -0.05) is 12.1 Å². The second-order valence-electron chi connectivity index (χ2n) is 5.59. The van der Waals surface area contributed by atoms with Crippen LogP contribution in [0.25, 0.3) is 11.1 Å². The van der Waals surface area contributed by atoms with Gasteiger partial charge in [-0.05, 0) is 37.5 Å². The fraction of sp³-hybridized carbons (Fsp3) is 0.353. The Morgan fingerprint density at radius 3 is 2.30 bits per heavy atom. The number of hydrogen-bond acceptors (Lipinski definition) is 5. The first-order valence-electron chi connectivity index (χ1n) is 7.70. The van der Waals surface area contributed by atoms with E-state index in [9.17, 15) is 4.79 Å². The van der Waals surface area contributed by atoms with E-state index in [2.05, 4.69) is 14.9 Å². The molecule has 1 N–H and O–H groups in total. The van der Waals surface area contributed by atoms with Crippen molar-refractivity contribution in [2.75, 3.05) is 18.0 Å². The number of carbonyl (C=O) groups is 1. The van der Waals surface area contributed by atoms with Gasteiger partial charge in [-0.3, -0.25) is 0 Å². The van der Waals surface area contributed by atoms with Crippen molar-refractivity contribution in [2.45, 2.75) is 25.9 Å². The summed E-state index contributed by atoms with van der Waals surface area (Å²) in [6.45, 7) is 3.54. The summed E-state index contributed by atoms with van der Waals surface area (Å²) < 4.78 is 5.32. The average molecular weight is 313 g/mol. The minimum absolute atomic E-state index is 0.526. The van der Waals surface area contributed by atoms with E-state index < -0.39 is 12.1 Å². The number of ether oxygens (including phenoxy) is 1. The third-order valence-corrected chi connectivity index (χ3v) is 3.88. The lowest BCUT2D eigenvalue weighted by Crippen LogP contribution is -2.22. The largest absolute Gasteiger partial charge is 0.479 e. The summed E-state index contributed by atoms with van der Waals surface area (Å²) in [5, 5.41) is 8.85. The van der Waals surface area contributed by atoms with Crippen molar-refractivity contribution in [3.05, 3.63) is 36.7 Å². The van der Waals surface area contributed by atoms with Crippen molar-refractivity contribution in [2.24, 2.45) is 0 Å². The molecule has 1 atom stereocenters. The van der Waals surface area contributed by atoms with Gasteiger partial charge in [0.05, 0.1) is 0 Å². The molecule has 0 aliphatic carbocycles. The van der Waals surface area contributed by atoms with Crippen LogP contribution in [0, 0.1) is 0 Å². The van der Waals surface area contributed by atoms with Crippen molar-refractivity contribution in [3.8, 4) is 16.9 Å². The normalized spacial score (nSPS) is 15.4. The van der Waals surface area contributed by atoms with Crippen LogP contribution in [-0.2, 0) is 4.79 Å². The number of carboxylic acid groups (broad SMARTS) is 1. The molecule has 2 aromatic rings. The van der Waals surface area contributed by atoms with Crippen LogP contribution in [0.3, 0.4) is 0 Å². The van der Waals surface area contributed by atoms with Gasteiger partial charge in [0.15, 0.2) is 6.10 Å². The average Bonchev–Trinajstić information content (AvgIpc) is 3.10. The van der Waals surface area contributed by atoms with E-state index in [1.165, 1.54) is 19.8 Å². The first-order valence-corrected chi connectivity index (χ1v) is 7.70. The molecule has 3 rings (SSSR count). The Kier molecular flexibility index (Phi) is 4.41. The molecule has 1 saturated heterocycles. The highest BCUT2D eigenvalue weighted by atomic mass is 16.5. The molecular formula is C17H19N3O3. The fourth-order valence-electron chi connectivity index (χ4n) is 2.53. The first kappa shape index (κ1) is 15.3. The zero-order chi connectivity index (χ0) is 16.2. The van der Waals surface area contributed by atoms with Crippen LogP contribution < -0.4 is 9.64 Å². The van der Waals surface area contributed by atoms with Crippen molar-refractivity contribution in [3.63, 3.8) is 0 Å². The molecule has 6 nitrogen and oxygen atoms in total. The van der Waals surface area contributed by atoms with Crippen LogP contribution in [-0.4, -0.2) is 40.2 Å². The van der Waals surface area contributed by atoms with Gasteiger partial charge in [-0.25, -0.2) is 14.8 Å². The first-order chi connectivity index (χ1) is 11.1. The topological polar surface area (TPSA) is 75.5 Å². The van der Waals surface area contributed by atoms with Crippen molar-refractivity contribution in [1.82, 2.24) is 9.97 Å². The van der Waals surface area contributed by atoms with Crippen molar-refractivity contribution in [1.29, 1.82) is 0 Å². The number of nitrogens with zero attached hydrogens (tertiary/aromatic N) is 3. The van der Waals surface area contributed by atoms with Crippen LogP contribution >= 0.6 is 0 Å². The molecule has 23 heavy (non-hydrogen) atoms. The Balaban J connectivity index is 1.70. The summed E-state index contributed by atoms with van der Waals surface area (Å²) in [5.41, 5.74) is 1.89. The lowest BCUT2D eigenvalue weighted by molar-refractivity contribution is -0.144. The molecule has 0 bridgehead atoms. The van der Waals surface area contributed by atoms with Crippen molar-refractivity contribution >= 4 is 11.9 Å². The van der Waals surface area contributed by atoms with E-state index in [4.69, 9.17) is 9.84 Å². The lowest BCUT2D eigenvalue weighted by atomic mass is 10.1. The molecule has 0 spiro atoms. The minimum Gasteiger partial charge on any atom is -0.479 e. The lowest BCUT2D eigenvalue weighted by Gasteiger charge is -2.14. The standard InChI is InChI=1S/C17H19N3O3/c1-12(16(21)22)23-15-6-4-13(5-7-15)14-10-18-17(19-11-14)20-8-2-3-9-20/h4-7,10-12H,2-3,8-9H2,1H3,(H,21,22). The van der Waals surface area contributed by atoms with Crippen LogP contribution in [0.2, 0.25) is 0 Å². The van der Waals surface area contributed by atoms with E-state index >= 15 is 0 Å². The van der Waals surface area contributed by atoms with E-state index in [-0.39, 0.29) is 0 Å². The van der Waals surface area contributed by atoms with Gasteiger partial charge in [0, 0.05) is 31.0 Å². The Morgan fingerprint density at radius 2 is 1.74 bits per heavy atom. The highest BCUT2D eigenvalue weighted by Gasteiger charge is 2.15. The molecule has 1 aliphatic rings. The number of carboxylic acids is 1. The van der Waals surface area contributed by atoms with Crippen LogP contribution in [0.1, 0.15) is 19.8 Å². The second-order valence-corrected chi connectivity index (χ2v) is 5.59. The molecule has 120 valence electrons. The highest BCUT2D eigenvalue weighted by Crippen LogP contribution is 2.23. The Hall–Kier alpha value is -2.63. The molecule has 0 amide bonds. The van der Waals surface area contributed by atoms with Crippen LogP contribution in [0.15, 0.2) is 36.7 Å². The molecule has 1 unspecified atom stereocenters. The fourth-order valence-corrected chi connectivity index (χ4v) is 2.53. The van der Waals surface area contributed by atoms with E-state index in [0.29, 0.717) is 5.75 Å². The molecule has 1 fully saturated rings. The Morgan fingerprint density at radius 1 is 1.13 bits per heavy atom. The number of aromatic nitrogens is 2. The third-order valence-electron chi connectivity index (χ3n) is 3.88. The summed E-state index contributed by atoms with van der Waals surface area (Å²) in [5.74, 6) is 0.319. The maximum absolute atomic E-state index is 10.8. The van der Waals surface area contributed by atoms with Gasteiger partial charge in [-0.2, -0.15) is 0 Å². The van der Waals surface area contributed by atoms with Crippen LogP contribution in [0.5, 0.6) is 5.75 Å². The number of rotatable bonds is 5. The quantitative estimate of drug-likeness (QED) is 0.914. The highest BCUT2D eigenvalue weighted by molar-refractivity contribution is 5.72. The zero-order valence-electron chi connectivity index (χ0n) is 13.0. The molecular weight excluding hydrogens is 294 g/mol. The summed E-state index contributed by atoms with van der Waals surface area (Å²) >= 11 is 0. The maximum Gasteiger partial charge on any atom is 0.344 e. The Bertz CT molecular complexity index is 664. The van der Waals surface area contributed by atoms with Gasteiger partial charge < -0.3 is 14.7 Å². The predicted molar refractivity (Wildman–Crippen MR) is 86.6 cm³/mol. The molecule has 6 heteroatoms. The van der Waals surface area contributed by atoms with Crippen LogP contribution in [0.4, 0.5) is 5.95 Å². The van der Waals surface area contributed by atoms with Crippen molar-refractivity contribution < 1.29 is 14.6 Å². The molecule has 0 radical (unpaired) electrons. The van der Waals surface area contributed by atoms with E-state index in [0.717, 1.165) is 30.2 Å². The van der Waals surface area contributed by atoms with Gasteiger partial charge in [0.1, 0.15) is 5.75 Å². The van der Waals surface area contributed by atoms with Gasteiger partial charge >= 0.3 is 5.97 Å². The predicted octanol–water partition coefficient (Wildman–Crippen LogP) is 2.60. The summed E-state index contributed by atoms with van der Waals surface area (Å²) in [4.78, 5) is 21.8. The number of aliphatic carboxylic acids is 1. The minimum atomic E-state index is -0.986. The number of hydrogen-bond donors (Lipinski definition) is 1. The smallest absolute Gasteiger partial charge is 0.344 e. The number of benzene rings is 1. The number of anilines is 1. The monoisotopic (exact) mass is 313 g/mol. The third kappa shape index (κ3) is 3.59. The summed E-state index contributed by atoms with van der Waals surface area (Å²) in [6.07, 6.45) is 5.15. The second kappa shape index (κ2) is 6.64. The summed E-state index contributed by atoms with van der Waals surface area (Å²) in [7, 11) is 0. The Labute approximate surface area is 134 Å². The summed E-state index contributed by atoms with van der Waals surface area (Å²) in [6, 6.07) is 7.25. The molecule has 1 aromatic carbocycles. The molecule has 1 aromatic heterocycles. The van der Waals surface area contributed by atoms with Gasteiger partial charge in [0.25, 0.3) is 0 Å². The van der Waals surface area contributed by atoms with E-state index in [1.807, 2.05) is 24.5 Å².